The Hall–Kier alpha value is 0.780. The maximum absolute atomic E-state index is 3.74. The minimum Gasteiger partial charge on any atom is -0.197 e. The maximum Gasteiger partial charge on any atom is 0.165 e. The molecule has 0 fully saturated rings. The van der Waals surface area contributed by atoms with E-state index < -0.39 is 0 Å². The highest BCUT2D eigenvalue weighted by molar-refractivity contribution is 8.86. The zero-order valence-electron chi connectivity index (χ0n) is 6.65. The van der Waals surface area contributed by atoms with Crippen LogP contribution in [0.1, 0.15) is 0 Å². The van der Waals surface area contributed by atoms with Crippen molar-refractivity contribution in [2.24, 2.45) is 20.4 Å². The van der Waals surface area contributed by atoms with E-state index in [1.807, 2.05) is 0 Å². The van der Waals surface area contributed by atoms with Crippen molar-refractivity contribution in [3.63, 3.8) is 0 Å². The normalized spacial score (nSPS) is 16.0. The Labute approximate surface area is 112 Å². The van der Waals surface area contributed by atoms with Crippen LogP contribution in [0.2, 0.25) is 0 Å². The lowest BCUT2D eigenvalue weighted by molar-refractivity contribution is 1.29. The predicted molar refractivity (Wildman–Crippen MR) is 84.0 cm³/mol. The summed E-state index contributed by atoms with van der Waals surface area (Å²) in [4.78, 5) is 0. The third kappa shape index (κ3) is 10.9. The van der Waals surface area contributed by atoms with E-state index in [4.69, 9.17) is 0 Å². The van der Waals surface area contributed by atoms with Crippen LogP contribution in [0.15, 0.2) is 20.4 Å². The van der Waals surface area contributed by atoms with E-state index in [1.54, 1.807) is 16.6 Å². The van der Waals surface area contributed by atoms with E-state index in [0.29, 0.717) is 0 Å². The van der Waals surface area contributed by atoms with Crippen LogP contribution in [-0.4, -0.2) is 22.2 Å². The summed E-state index contributed by atoms with van der Waals surface area (Å²) in [5.41, 5.74) is 7.50. The summed E-state index contributed by atoms with van der Waals surface area (Å²) in [5.74, 6) is 0. The van der Waals surface area contributed by atoms with Crippen LogP contribution in [0.5, 0.6) is 0 Å². The minimum atomic E-state index is 0. The van der Waals surface area contributed by atoms with E-state index in [9.17, 15) is 0 Å². The van der Waals surface area contributed by atoms with Gasteiger partial charge in [-0.1, -0.05) is 0 Å². The molecule has 1 rings (SSSR count). The van der Waals surface area contributed by atoms with Gasteiger partial charge in [-0.25, -0.2) is 0 Å². The molecule has 1 radical (unpaired) electrons. The standard InChI is InChI=1S/C4H3N4S4.2H2S/c1-5-6-2-11-12-4-8-7-3-10-9-1;;/h1-3H;2*1H2. The van der Waals surface area contributed by atoms with Crippen LogP contribution in [0.4, 0.5) is 0 Å². The van der Waals surface area contributed by atoms with Crippen LogP contribution in [0.25, 0.3) is 0 Å². The number of rotatable bonds is 0. The van der Waals surface area contributed by atoms with Gasteiger partial charge in [-0.05, 0) is 43.2 Å². The van der Waals surface area contributed by atoms with Gasteiger partial charge >= 0.3 is 0 Å². The average molecular weight is 304 g/mol. The molecule has 0 aliphatic carbocycles. The summed E-state index contributed by atoms with van der Waals surface area (Å²) in [5, 5.41) is 14.8. The topological polar surface area (TPSA) is 49.4 Å². The second kappa shape index (κ2) is 13.8. The van der Waals surface area contributed by atoms with E-state index in [2.05, 4.69) is 26.0 Å². The molecule has 0 spiro atoms. The first-order valence-electron chi connectivity index (χ1n) is 2.64. The summed E-state index contributed by atoms with van der Waals surface area (Å²) in [6.07, 6.45) is 0. The molecule has 1 aliphatic rings. The lowest BCUT2D eigenvalue weighted by Gasteiger charge is -1.84. The van der Waals surface area contributed by atoms with Crippen molar-refractivity contribution in [2.75, 3.05) is 0 Å². The molecule has 14 heavy (non-hydrogen) atoms. The van der Waals surface area contributed by atoms with Crippen LogP contribution in [-0.2, 0) is 0 Å². The van der Waals surface area contributed by atoms with Gasteiger partial charge in [0.1, 0.15) is 0 Å². The zero-order chi connectivity index (χ0) is 8.49. The fraction of sp³-hybridized carbons (Fsp3) is 0. The molecule has 0 N–H and O–H groups in total. The third-order valence-corrected chi connectivity index (χ3v) is 3.10. The van der Waals surface area contributed by atoms with Gasteiger partial charge in [-0.15, -0.1) is 5.10 Å². The minimum absolute atomic E-state index is 0. The van der Waals surface area contributed by atoms with Crippen molar-refractivity contribution < 1.29 is 0 Å². The fourth-order valence-electron chi connectivity index (χ4n) is 0.269. The molecular formula is C4H7N4S6. The van der Waals surface area contributed by atoms with Gasteiger partial charge in [-0.3, -0.25) is 0 Å². The van der Waals surface area contributed by atoms with Gasteiger partial charge in [0.25, 0.3) is 0 Å². The van der Waals surface area contributed by atoms with Gasteiger partial charge in [0.15, 0.2) is 5.55 Å². The van der Waals surface area contributed by atoms with Crippen LogP contribution in [0.3, 0.4) is 0 Å². The molecule has 79 valence electrons. The quantitative estimate of drug-likeness (QED) is 0.646. The highest BCUT2D eigenvalue weighted by Crippen LogP contribution is 2.17. The van der Waals surface area contributed by atoms with E-state index >= 15 is 0 Å². The molecule has 0 aromatic heterocycles. The first-order valence-corrected chi connectivity index (χ1v) is 7.13. The lowest BCUT2D eigenvalue weighted by Crippen LogP contribution is -1.65. The van der Waals surface area contributed by atoms with Crippen molar-refractivity contribution in [3.8, 4) is 0 Å². The van der Waals surface area contributed by atoms with Crippen molar-refractivity contribution >= 4 is 92.4 Å². The molecule has 0 amide bonds. The molecule has 1 aliphatic heterocycles. The Kier molecular flexibility index (Phi) is 16.9. The lowest BCUT2D eigenvalue weighted by atomic mass is 11.6. The van der Waals surface area contributed by atoms with Crippen LogP contribution in [0, 0.1) is 0 Å². The smallest absolute Gasteiger partial charge is 0.165 e. The van der Waals surface area contributed by atoms with E-state index in [-0.39, 0.29) is 27.0 Å². The van der Waals surface area contributed by atoms with Gasteiger partial charge in [-0.2, -0.15) is 42.3 Å². The van der Waals surface area contributed by atoms with E-state index in [1.165, 1.54) is 43.2 Å². The molecule has 4 nitrogen and oxygen atoms in total. The molecule has 0 unspecified atom stereocenters. The van der Waals surface area contributed by atoms with Gasteiger partial charge in [0, 0.05) is 0 Å². The monoisotopic (exact) mass is 303 g/mol. The molecule has 0 atom stereocenters. The van der Waals surface area contributed by atoms with Crippen molar-refractivity contribution in [3.05, 3.63) is 0 Å². The van der Waals surface area contributed by atoms with Gasteiger partial charge in [0.2, 0.25) is 0 Å². The Morgan fingerprint density at radius 3 is 2.07 bits per heavy atom. The number of nitrogens with zero attached hydrogens (tertiary/aromatic N) is 4. The molecule has 0 saturated heterocycles. The molecule has 0 saturated carbocycles. The van der Waals surface area contributed by atoms with Gasteiger partial charge in [0.05, 0.1) is 16.6 Å². The number of hydrogen-bond acceptors (Lipinski definition) is 8. The molecule has 0 bridgehead atoms. The molecular weight excluding hydrogens is 296 g/mol. The summed E-state index contributed by atoms with van der Waals surface area (Å²) in [6.45, 7) is 0. The van der Waals surface area contributed by atoms with Crippen molar-refractivity contribution in [2.45, 2.75) is 0 Å². The molecule has 1 heterocycles. The van der Waals surface area contributed by atoms with Crippen molar-refractivity contribution in [1.29, 1.82) is 0 Å². The second-order valence-electron chi connectivity index (χ2n) is 1.23. The van der Waals surface area contributed by atoms with Gasteiger partial charge < -0.3 is 0 Å². The van der Waals surface area contributed by atoms with Crippen LogP contribution >= 0.6 is 70.2 Å². The highest BCUT2D eigenvalue weighted by atomic mass is 33.1. The summed E-state index contributed by atoms with van der Waals surface area (Å²) in [6, 6.07) is 0. The molecule has 10 heteroatoms. The maximum atomic E-state index is 3.74. The summed E-state index contributed by atoms with van der Waals surface area (Å²) in [7, 11) is 5.54. The first-order chi connectivity index (χ1) is 6.00. The Morgan fingerprint density at radius 2 is 1.36 bits per heavy atom. The van der Waals surface area contributed by atoms with E-state index in [0.717, 1.165) is 0 Å². The highest BCUT2D eigenvalue weighted by Gasteiger charge is 1.82. The SMILES string of the molecule is S.S.[C]1=NN=CSSC=NN=CSS1. The second-order valence-corrected chi connectivity index (χ2v) is 5.02. The largest absolute Gasteiger partial charge is 0.197 e. The fourth-order valence-corrected chi connectivity index (χ4v) is 1.81. The Balaban J connectivity index is 0. The third-order valence-electron chi connectivity index (χ3n) is 0.577. The van der Waals surface area contributed by atoms with Crippen LogP contribution < -0.4 is 0 Å². The zero-order valence-corrected chi connectivity index (χ0v) is 11.9. The molecule has 0 aromatic carbocycles. The Bertz CT molecular complexity index is 178. The summed E-state index contributed by atoms with van der Waals surface area (Å²) < 4.78 is 0. The van der Waals surface area contributed by atoms with Crippen molar-refractivity contribution in [1.82, 2.24) is 0 Å². The Morgan fingerprint density at radius 1 is 0.786 bits per heavy atom. The average Bonchev–Trinajstić information content (AvgIpc) is 2.05. The first kappa shape index (κ1) is 17.2. The summed E-state index contributed by atoms with van der Waals surface area (Å²) >= 11 is 0. The predicted octanol–water partition coefficient (Wildman–Crippen LogP) is 2.81. The number of hydrogen-bond donors (Lipinski definition) is 0. The molecule has 0 aromatic rings.